The first-order valence-electron chi connectivity index (χ1n) is 6.28. The molecular formula is C14H19NO2. The zero-order valence-electron chi connectivity index (χ0n) is 10.0. The van der Waals surface area contributed by atoms with Crippen molar-refractivity contribution >= 4 is 5.97 Å². The molecule has 3 heteroatoms. The molecule has 0 aliphatic carbocycles. The maximum atomic E-state index is 11.1. The molecule has 17 heavy (non-hydrogen) atoms. The van der Waals surface area contributed by atoms with Crippen molar-refractivity contribution in [3.05, 3.63) is 35.9 Å². The lowest BCUT2D eigenvalue weighted by Gasteiger charge is -2.32. The van der Waals surface area contributed by atoms with E-state index in [1.165, 1.54) is 5.56 Å². The van der Waals surface area contributed by atoms with Crippen molar-refractivity contribution in [2.45, 2.75) is 31.7 Å². The van der Waals surface area contributed by atoms with E-state index in [1.807, 2.05) is 18.2 Å². The van der Waals surface area contributed by atoms with Gasteiger partial charge in [-0.15, -0.1) is 0 Å². The number of rotatable bonds is 4. The normalized spacial score (nSPS) is 21.3. The molecule has 1 aliphatic heterocycles. The van der Waals surface area contributed by atoms with Crippen LogP contribution < -0.4 is 0 Å². The van der Waals surface area contributed by atoms with Gasteiger partial charge in [0.2, 0.25) is 0 Å². The second-order valence-electron chi connectivity index (χ2n) is 4.62. The van der Waals surface area contributed by atoms with Crippen LogP contribution in [0.15, 0.2) is 30.3 Å². The SMILES string of the molecule is O=C(O)C1CCCCN1CCc1ccccc1. The van der Waals surface area contributed by atoms with E-state index >= 15 is 0 Å². The van der Waals surface area contributed by atoms with Crippen LogP contribution in [0.25, 0.3) is 0 Å². The molecule has 0 saturated carbocycles. The van der Waals surface area contributed by atoms with Crippen LogP contribution in [-0.4, -0.2) is 35.1 Å². The number of hydrogen-bond donors (Lipinski definition) is 1. The fourth-order valence-corrected chi connectivity index (χ4v) is 2.46. The molecule has 92 valence electrons. The first kappa shape index (κ1) is 12.1. The summed E-state index contributed by atoms with van der Waals surface area (Å²) in [6, 6.07) is 9.98. The molecule has 1 fully saturated rings. The van der Waals surface area contributed by atoms with E-state index in [9.17, 15) is 4.79 Å². The zero-order valence-corrected chi connectivity index (χ0v) is 10.0. The van der Waals surface area contributed by atoms with Gasteiger partial charge in [-0.1, -0.05) is 36.8 Å². The van der Waals surface area contributed by atoms with Crippen molar-refractivity contribution in [3.8, 4) is 0 Å². The number of likely N-dealkylation sites (tertiary alicyclic amines) is 1. The smallest absolute Gasteiger partial charge is 0.320 e. The summed E-state index contributed by atoms with van der Waals surface area (Å²) in [4.78, 5) is 13.2. The molecule has 1 atom stereocenters. The van der Waals surface area contributed by atoms with Crippen molar-refractivity contribution in [2.24, 2.45) is 0 Å². The highest BCUT2D eigenvalue weighted by Crippen LogP contribution is 2.17. The van der Waals surface area contributed by atoms with Crippen molar-refractivity contribution < 1.29 is 9.90 Å². The Balaban J connectivity index is 1.90. The highest BCUT2D eigenvalue weighted by Gasteiger charge is 2.27. The minimum Gasteiger partial charge on any atom is -0.480 e. The highest BCUT2D eigenvalue weighted by atomic mass is 16.4. The summed E-state index contributed by atoms with van der Waals surface area (Å²) in [5, 5.41) is 9.16. The Morgan fingerprint density at radius 2 is 2.06 bits per heavy atom. The molecular weight excluding hydrogens is 214 g/mol. The molecule has 0 radical (unpaired) electrons. The van der Waals surface area contributed by atoms with Gasteiger partial charge in [0, 0.05) is 6.54 Å². The summed E-state index contributed by atoms with van der Waals surface area (Å²) in [7, 11) is 0. The number of nitrogens with zero attached hydrogens (tertiary/aromatic N) is 1. The summed E-state index contributed by atoms with van der Waals surface area (Å²) < 4.78 is 0. The Morgan fingerprint density at radius 3 is 2.76 bits per heavy atom. The largest absolute Gasteiger partial charge is 0.480 e. The Labute approximate surface area is 102 Å². The summed E-state index contributed by atoms with van der Waals surface area (Å²) >= 11 is 0. The third-order valence-electron chi connectivity index (χ3n) is 3.43. The monoisotopic (exact) mass is 233 g/mol. The molecule has 0 bridgehead atoms. The highest BCUT2D eigenvalue weighted by molar-refractivity contribution is 5.73. The van der Waals surface area contributed by atoms with Gasteiger partial charge in [0.05, 0.1) is 0 Å². The van der Waals surface area contributed by atoms with Gasteiger partial charge in [-0.2, -0.15) is 0 Å². The van der Waals surface area contributed by atoms with Crippen molar-refractivity contribution in [3.63, 3.8) is 0 Å². The Kier molecular flexibility index (Phi) is 4.15. The van der Waals surface area contributed by atoms with Gasteiger partial charge in [0.25, 0.3) is 0 Å². The van der Waals surface area contributed by atoms with Gasteiger partial charge < -0.3 is 5.11 Å². The van der Waals surface area contributed by atoms with Crippen LogP contribution in [0.3, 0.4) is 0 Å². The number of carboxylic acids is 1. The minimum absolute atomic E-state index is 0.271. The Morgan fingerprint density at radius 1 is 1.29 bits per heavy atom. The van der Waals surface area contributed by atoms with E-state index in [2.05, 4.69) is 17.0 Å². The predicted molar refractivity (Wildman–Crippen MR) is 67.0 cm³/mol. The number of aliphatic carboxylic acids is 1. The van der Waals surface area contributed by atoms with Crippen LogP contribution in [0, 0.1) is 0 Å². The fourth-order valence-electron chi connectivity index (χ4n) is 2.46. The van der Waals surface area contributed by atoms with Crippen LogP contribution in [0.4, 0.5) is 0 Å². The molecule has 0 spiro atoms. The van der Waals surface area contributed by atoms with Gasteiger partial charge in [-0.3, -0.25) is 9.69 Å². The average Bonchev–Trinajstić information content (AvgIpc) is 2.38. The van der Waals surface area contributed by atoms with Crippen LogP contribution in [0.1, 0.15) is 24.8 Å². The van der Waals surface area contributed by atoms with Crippen LogP contribution in [0.2, 0.25) is 0 Å². The predicted octanol–water partition coefficient (Wildman–Crippen LogP) is 2.17. The molecule has 1 heterocycles. The number of hydrogen-bond acceptors (Lipinski definition) is 2. The molecule has 1 aromatic carbocycles. The summed E-state index contributed by atoms with van der Waals surface area (Å²) in [6.07, 6.45) is 3.89. The lowest BCUT2D eigenvalue weighted by molar-refractivity contribution is -0.144. The first-order valence-corrected chi connectivity index (χ1v) is 6.28. The summed E-state index contributed by atoms with van der Waals surface area (Å²) in [5.41, 5.74) is 1.28. The molecule has 1 unspecified atom stereocenters. The van der Waals surface area contributed by atoms with Crippen LogP contribution in [0.5, 0.6) is 0 Å². The summed E-state index contributed by atoms with van der Waals surface area (Å²) in [5.74, 6) is -0.669. The second-order valence-corrected chi connectivity index (χ2v) is 4.62. The van der Waals surface area contributed by atoms with E-state index in [4.69, 9.17) is 5.11 Å². The topological polar surface area (TPSA) is 40.5 Å². The van der Waals surface area contributed by atoms with Gasteiger partial charge in [0.15, 0.2) is 0 Å². The van der Waals surface area contributed by atoms with E-state index < -0.39 is 5.97 Å². The van der Waals surface area contributed by atoms with E-state index in [-0.39, 0.29) is 6.04 Å². The minimum atomic E-state index is -0.669. The van der Waals surface area contributed by atoms with E-state index in [1.54, 1.807) is 0 Å². The van der Waals surface area contributed by atoms with Gasteiger partial charge >= 0.3 is 5.97 Å². The van der Waals surface area contributed by atoms with Gasteiger partial charge in [-0.25, -0.2) is 0 Å². The second kappa shape index (κ2) is 5.82. The number of piperidine rings is 1. The van der Waals surface area contributed by atoms with Crippen LogP contribution >= 0.6 is 0 Å². The fraction of sp³-hybridized carbons (Fsp3) is 0.500. The third-order valence-corrected chi connectivity index (χ3v) is 3.43. The lowest BCUT2D eigenvalue weighted by atomic mass is 10.0. The average molecular weight is 233 g/mol. The van der Waals surface area contributed by atoms with Crippen molar-refractivity contribution in [1.29, 1.82) is 0 Å². The molecule has 2 rings (SSSR count). The number of carboxylic acid groups (broad SMARTS) is 1. The first-order chi connectivity index (χ1) is 8.27. The number of carbonyl (C=O) groups is 1. The quantitative estimate of drug-likeness (QED) is 0.866. The Bertz CT molecular complexity index is 364. The van der Waals surface area contributed by atoms with Gasteiger partial charge in [-0.05, 0) is 31.4 Å². The maximum absolute atomic E-state index is 11.1. The summed E-state index contributed by atoms with van der Waals surface area (Å²) in [6.45, 7) is 1.77. The Hall–Kier alpha value is -1.35. The molecule has 0 aromatic heterocycles. The molecule has 1 aromatic rings. The molecule has 1 saturated heterocycles. The van der Waals surface area contributed by atoms with Crippen molar-refractivity contribution in [2.75, 3.05) is 13.1 Å². The molecule has 0 amide bonds. The van der Waals surface area contributed by atoms with Gasteiger partial charge in [0.1, 0.15) is 6.04 Å². The van der Waals surface area contributed by atoms with E-state index in [0.29, 0.717) is 0 Å². The molecule has 3 nitrogen and oxygen atoms in total. The maximum Gasteiger partial charge on any atom is 0.320 e. The lowest BCUT2D eigenvalue weighted by Crippen LogP contribution is -2.45. The third kappa shape index (κ3) is 3.30. The standard InChI is InChI=1S/C14H19NO2/c16-14(17)13-8-4-5-10-15(13)11-9-12-6-2-1-3-7-12/h1-3,6-7,13H,4-5,8-11H2,(H,16,17). The zero-order chi connectivity index (χ0) is 12.1. The number of benzene rings is 1. The van der Waals surface area contributed by atoms with Crippen LogP contribution in [-0.2, 0) is 11.2 Å². The van der Waals surface area contributed by atoms with E-state index in [0.717, 1.165) is 38.8 Å². The molecule has 1 aliphatic rings. The van der Waals surface area contributed by atoms with Crippen molar-refractivity contribution in [1.82, 2.24) is 4.90 Å². The molecule has 1 N–H and O–H groups in total.